The molecule has 1 unspecified atom stereocenters. The minimum atomic E-state index is 0. The first-order valence-corrected chi connectivity index (χ1v) is 9.73. The van der Waals surface area contributed by atoms with Crippen molar-refractivity contribution in [3.63, 3.8) is 0 Å². The number of nitrogens with one attached hydrogen (secondary N) is 2. The monoisotopic (exact) mass is 519 g/mol. The van der Waals surface area contributed by atoms with Crippen molar-refractivity contribution in [1.82, 2.24) is 25.8 Å². The number of hydrogen-bond acceptors (Lipinski definition) is 6. The number of aryl methyl sites for hydroxylation is 2. The zero-order valence-electron chi connectivity index (χ0n) is 16.2. The van der Waals surface area contributed by atoms with Crippen LogP contribution in [0.4, 0.5) is 5.82 Å². The molecule has 1 fully saturated rings. The summed E-state index contributed by atoms with van der Waals surface area (Å²) >= 11 is 6.27. The number of halogens is 2. The van der Waals surface area contributed by atoms with Crippen LogP contribution in [0.15, 0.2) is 27.8 Å². The van der Waals surface area contributed by atoms with E-state index in [1.54, 1.807) is 6.20 Å². The highest BCUT2D eigenvalue weighted by Gasteiger charge is 2.25. The first kappa shape index (κ1) is 22.7. The summed E-state index contributed by atoms with van der Waals surface area (Å²) < 4.78 is 5.13. The summed E-state index contributed by atoms with van der Waals surface area (Å²) in [6, 6.07) is 4.03. The molecule has 28 heavy (non-hydrogen) atoms. The molecule has 0 aromatic carbocycles. The van der Waals surface area contributed by atoms with Crippen molar-refractivity contribution < 1.29 is 4.52 Å². The molecule has 8 nitrogen and oxygen atoms in total. The van der Waals surface area contributed by atoms with Gasteiger partial charge in [0, 0.05) is 44.8 Å². The second kappa shape index (κ2) is 11.4. The Bertz CT molecular complexity index is 770. The topological polar surface area (TPSA) is 91.5 Å². The Hall–Kier alpha value is -1.62. The molecule has 2 aromatic rings. The lowest BCUT2D eigenvalue weighted by atomic mass is 10.3. The van der Waals surface area contributed by atoms with E-state index in [9.17, 15) is 0 Å². The highest BCUT2D eigenvalue weighted by atomic mass is 127. The zero-order chi connectivity index (χ0) is 19.1. The van der Waals surface area contributed by atoms with Gasteiger partial charge in [-0.2, -0.15) is 4.98 Å². The van der Waals surface area contributed by atoms with E-state index in [1.807, 2.05) is 19.1 Å². The summed E-state index contributed by atoms with van der Waals surface area (Å²) in [4.78, 5) is 15.5. The minimum absolute atomic E-state index is 0. The molecule has 154 valence electrons. The molecule has 10 heteroatoms. The van der Waals surface area contributed by atoms with Gasteiger partial charge >= 0.3 is 0 Å². The lowest BCUT2D eigenvalue weighted by Gasteiger charge is -2.20. The molecule has 1 aliphatic heterocycles. The molecular weight excluding hydrogens is 493 g/mol. The van der Waals surface area contributed by atoms with Crippen LogP contribution in [-0.4, -0.2) is 53.3 Å². The van der Waals surface area contributed by atoms with Gasteiger partial charge in [0.25, 0.3) is 0 Å². The van der Waals surface area contributed by atoms with Crippen LogP contribution < -0.4 is 15.5 Å². The smallest absolute Gasteiger partial charge is 0.226 e. The predicted octanol–water partition coefficient (Wildman–Crippen LogP) is 2.81. The fourth-order valence-electron chi connectivity index (χ4n) is 3.06. The Morgan fingerprint density at radius 3 is 3.04 bits per heavy atom. The number of aliphatic imine (C=N–C) groups is 1. The van der Waals surface area contributed by atoms with Gasteiger partial charge in [-0.15, -0.1) is 24.0 Å². The van der Waals surface area contributed by atoms with Crippen LogP contribution in [0, 0.1) is 6.92 Å². The van der Waals surface area contributed by atoms with E-state index in [0.29, 0.717) is 29.3 Å². The molecule has 2 N–H and O–H groups in total. The lowest BCUT2D eigenvalue weighted by Crippen LogP contribution is -2.44. The number of nitrogens with zero attached hydrogens (tertiary/aromatic N) is 5. The molecule has 1 aliphatic rings. The first-order valence-electron chi connectivity index (χ1n) is 9.35. The van der Waals surface area contributed by atoms with Gasteiger partial charge in [-0.25, -0.2) is 4.98 Å². The third-order valence-electron chi connectivity index (χ3n) is 4.30. The highest BCUT2D eigenvalue weighted by molar-refractivity contribution is 14.0. The van der Waals surface area contributed by atoms with E-state index in [-0.39, 0.29) is 24.0 Å². The van der Waals surface area contributed by atoms with Crippen LogP contribution in [0.3, 0.4) is 0 Å². The van der Waals surface area contributed by atoms with Crippen molar-refractivity contribution in [1.29, 1.82) is 0 Å². The summed E-state index contributed by atoms with van der Waals surface area (Å²) in [5.41, 5.74) is 0. The van der Waals surface area contributed by atoms with Crippen molar-refractivity contribution in [3.8, 4) is 0 Å². The molecule has 3 rings (SSSR count). The molecular formula is C18H27ClIN7O. The quantitative estimate of drug-likeness (QED) is 0.252. The maximum atomic E-state index is 6.27. The number of pyridine rings is 1. The van der Waals surface area contributed by atoms with E-state index in [0.717, 1.165) is 50.7 Å². The molecule has 1 atom stereocenters. The second-order valence-electron chi connectivity index (χ2n) is 6.48. The van der Waals surface area contributed by atoms with Crippen LogP contribution >= 0.6 is 35.6 Å². The molecule has 0 saturated carbocycles. The fourth-order valence-corrected chi connectivity index (χ4v) is 3.30. The van der Waals surface area contributed by atoms with E-state index < -0.39 is 0 Å². The normalized spacial score (nSPS) is 16.8. The highest BCUT2D eigenvalue weighted by Crippen LogP contribution is 2.25. The summed E-state index contributed by atoms with van der Waals surface area (Å²) in [5, 5.41) is 11.3. The van der Waals surface area contributed by atoms with Gasteiger partial charge in [-0.1, -0.05) is 16.8 Å². The molecule has 0 aliphatic carbocycles. The molecule has 1 saturated heterocycles. The van der Waals surface area contributed by atoms with Crippen LogP contribution in [0.2, 0.25) is 5.02 Å². The zero-order valence-corrected chi connectivity index (χ0v) is 19.3. The average molecular weight is 520 g/mol. The molecule has 2 aromatic heterocycles. The van der Waals surface area contributed by atoms with Crippen molar-refractivity contribution in [3.05, 3.63) is 35.1 Å². The fraction of sp³-hybridized carbons (Fsp3) is 0.556. The van der Waals surface area contributed by atoms with Crippen molar-refractivity contribution in [2.24, 2.45) is 4.99 Å². The van der Waals surface area contributed by atoms with Crippen LogP contribution in [0.5, 0.6) is 0 Å². The summed E-state index contributed by atoms with van der Waals surface area (Å²) in [6.45, 7) is 7.16. The number of anilines is 1. The summed E-state index contributed by atoms with van der Waals surface area (Å²) in [5.74, 6) is 3.01. The standard InChI is InChI=1S/C18H26ClN7O.HI/c1-3-20-18(22-10-5-7-16-23-13(2)25-27-16)24-14-8-11-26(12-14)17-15(19)6-4-9-21-17;/h4,6,9,14H,3,5,7-8,10-12H2,1-2H3,(H2,20,22,24);1H. The maximum Gasteiger partial charge on any atom is 0.226 e. The third kappa shape index (κ3) is 6.47. The second-order valence-corrected chi connectivity index (χ2v) is 6.89. The summed E-state index contributed by atoms with van der Waals surface area (Å²) in [6.07, 6.45) is 4.38. The molecule has 0 radical (unpaired) electrons. The number of hydrogen-bond donors (Lipinski definition) is 2. The van der Waals surface area contributed by atoms with E-state index >= 15 is 0 Å². The van der Waals surface area contributed by atoms with E-state index in [1.165, 1.54) is 0 Å². The van der Waals surface area contributed by atoms with E-state index in [2.05, 4.69) is 42.6 Å². The predicted molar refractivity (Wildman–Crippen MR) is 122 cm³/mol. The van der Waals surface area contributed by atoms with Crippen molar-refractivity contribution in [2.45, 2.75) is 39.2 Å². The molecule has 0 spiro atoms. The third-order valence-corrected chi connectivity index (χ3v) is 4.60. The average Bonchev–Trinajstić information content (AvgIpc) is 3.28. The molecule has 0 amide bonds. The van der Waals surface area contributed by atoms with Gasteiger partial charge in [0.2, 0.25) is 5.89 Å². The Balaban J connectivity index is 0.00000280. The summed E-state index contributed by atoms with van der Waals surface area (Å²) in [7, 11) is 0. The number of aromatic nitrogens is 3. The van der Waals surface area contributed by atoms with Crippen LogP contribution in [-0.2, 0) is 6.42 Å². The number of guanidine groups is 1. The maximum absolute atomic E-state index is 6.27. The van der Waals surface area contributed by atoms with Gasteiger partial charge in [-0.3, -0.25) is 4.99 Å². The van der Waals surface area contributed by atoms with Gasteiger partial charge in [0.05, 0.1) is 5.02 Å². The van der Waals surface area contributed by atoms with Crippen molar-refractivity contribution in [2.75, 3.05) is 31.1 Å². The Kier molecular flexibility index (Phi) is 9.23. The van der Waals surface area contributed by atoms with Crippen LogP contribution in [0.25, 0.3) is 0 Å². The van der Waals surface area contributed by atoms with Crippen LogP contribution in [0.1, 0.15) is 31.5 Å². The van der Waals surface area contributed by atoms with Gasteiger partial charge in [-0.05, 0) is 38.8 Å². The SMILES string of the molecule is CCNC(=NCCCc1nc(C)no1)NC1CCN(c2ncccc2Cl)C1.I. The Morgan fingerprint density at radius 1 is 1.46 bits per heavy atom. The van der Waals surface area contributed by atoms with Gasteiger partial charge in [0.1, 0.15) is 5.82 Å². The Morgan fingerprint density at radius 2 is 2.32 bits per heavy atom. The Labute approximate surface area is 187 Å². The minimum Gasteiger partial charge on any atom is -0.357 e. The van der Waals surface area contributed by atoms with E-state index in [4.69, 9.17) is 16.1 Å². The van der Waals surface area contributed by atoms with Gasteiger partial charge in [0.15, 0.2) is 11.8 Å². The number of rotatable bonds is 7. The molecule has 3 heterocycles. The van der Waals surface area contributed by atoms with Gasteiger partial charge < -0.3 is 20.1 Å². The van der Waals surface area contributed by atoms with Crippen molar-refractivity contribution >= 4 is 47.4 Å². The largest absolute Gasteiger partial charge is 0.357 e. The molecule has 0 bridgehead atoms. The lowest BCUT2D eigenvalue weighted by molar-refractivity contribution is 0.372. The first-order chi connectivity index (χ1) is 13.2.